The number of amides is 2. The lowest BCUT2D eigenvalue weighted by Gasteiger charge is -2.28. The Morgan fingerprint density at radius 2 is 1.70 bits per heavy atom. The Morgan fingerprint density at radius 3 is 2.33 bits per heavy atom. The highest BCUT2D eigenvalue weighted by atomic mass is 32.2. The van der Waals surface area contributed by atoms with Crippen LogP contribution in [0.5, 0.6) is 0 Å². The van der Waals surface area contributed by atoms with E-state index in [2.05, 4.69) is 19.7 Å². The largest absolute Gasteiger partial charge is 0.378 e. The zero-order valence-corrected chi connectivity index (χ0v) is 15.5. The molecule has 1 aromatic heterocycles. The number of rotatable bonds is 5. The van der Waals surface area contributed by atoms with E-state index in [0.29, 0.717) is 30.4 Å². The fraction of sp³-hybridized carbons (Fsp3) is 0.444. The number of thioether (sulfide) groups is 1. The smallest absolute Gasteiger partial charge is 0.262 e. The normalized spacial score (nSPS) is 19.7. The van der Waals surface area contributed by atoms with Crippen molar-refractivity contribution in [3.05, 3.63) is 35.4 Å². The Morgan fingerprint density at radius 1 is 1.04 bits per heavy atom. The van der Waals surface area contributed by atoms with Gasteiger partial charge in [0.25, 0.3) is 11.8 Å². The number of carbonyl (C=O) groups is 2. The summed E-state index contributed by atoms with van der Waals surface area (Å²) in [5.74, 6) is 0.619. The molecule has 1 aliphatic carbocycles. The third kappa shape index (κ3) is 2.90. The molecule has 1 saturated carbocycles. The molecule has 3 aliphatic rings. The Kier molecular flexibility index (Phi) is 4.13. The highest BCUT2D eigenvalue weighted by Gasteiger charge is 2.36. The van der Waals surface area contributed by atoms with Crippen LogP contribution in [0.2, 0.25) is 0 Å². The molecule has 0 radical (unpaired) electrons. The summed E-state index contributed by atoms with van der Waals surface area (Å²) < 4.78 is 7.59. The quantitative estimate of drug-likeness (QED) is 0.573. The lowest BCUT2D eigenvalue weighted by Crippen LogP contribution is -2.38. The van der Waals surface area contributed by atoms with Gasteiger partial charge in [-0.25, -0.2) is 0 Å². The van der Waals surface area contributed by atoms with Crippen molar-refractivity contribution >= 4 is 29.5 Å². The zero-order chi connectivity index (χ0) is 18.4. The molecule has 2 fully saturated rings. The van der Waals surface area contributed by atoms with Crippen LogP contribution in [-0.4, -0.2) is 63.7 Å². The highest BCUT2D eigenvalue weighted by Crippen LogP contribution is 2.41. The molecule has 2 aromatic rings. The van der Waals surface area contributed by atoms with E-state index < -0.39 is 0 Å². The Hall–Kier alpha value is -2.39. The van der Waals surface area contributed by atoms with Crippen molar-refractivity contribution in [2.24, 2.45) is 0 Å². The monoisotopic (exact) mass is 385 g/mol. The highest BCUT2D eigenvalue weighted by molar-refractivity contribution is 7.99. The second kappa shape index (κ2) is 6.65. The molecule has 0 unspecified atom stereocenters. The minimum Gasteiger partial charge on any atom is -0.378 e. The van der Waals surface area contributed by atoms with Crippen LogP contribution in [0.1, 0.15) is 39.6 Å². The SMILES string of the molecule is O=C1c2ccccc2C(=O)N1CSc1nnc(N2CCOCC2)n1C1CC1. The molecule has 8 nitrogen and oxygen atoms in total. The van der Waals surface area contributed by atoms with Crippen LogP contribution >= 0.6 is 11.8 Å². The fourth-order valence-corrected chi connectivity index (χ4v) is 4.43. The molecule has 9 heteroatoms. The molecular formula is C18H19N5O3S. The second-order valence-corrected chi connectivity index (χ2v) is 7.75. The molecule has 3 heterocycles. The maximum Gasteiger partial charge on any atom is 0.262 e. The molecule has 5 rings (SSSR count). The van der Waals surface area contributed by atoms with Crippen LogP contribution in [0, 0.1) is 0 Å². The summed E-state index contributed by atoms with van der Waals surface area (Å²) in [5.41, 5.74) is 0.946. The minimum atomic E-state index is -0.242. The van der Waals surface area contributed by atoms with E-state index in [4.69, 9.17) is 4.74 Å². The Bertz CT molecular complexity index is 869. The number of fused-ring (bicyclic) bond motifs is 1. The Balaban J connectivity index is 1.35. The van der Waals surface area contributed by atoms with Gasteiger partial charge in [-0.2, -0.15) is 0 Å². The first-order valence-corrected chi connectivity index (χ1v) is 10.1. The van der Waals surface area contributed by atoms with Gasteiger partial charge < -0.3 is 9.64 Å². The van der Waals surface area contributed by atoms with Crippen LogP contribution in [-0.2, 0) is 4.74 Å². The van der Waals surface area contributed by atoms with E-state index in [9.17, 15) is 9.59 Å². The van der Waals surface area contributed by atoms with Gasteiger partial charge in [-0.15, -0.1) is 10.2 Å². The van der Waals surface area contributed by atoms with Crippen LogP contribution in [0.25, 0.3) is 0 Å². The van der Waals surface area contributed by atoms with Crippen molar-refractivity contribution in [1.82, 2.24) is 19.7 Å². The molecule has 1 saturated heterocycles. The maximum absolute atomic E-state index is 12.5. The van der Waals surface area contributed by atoms with Crippen molar-refractivity contribution < 1.29 is 14.3 Å². The number of aromatic nitrogens is 3. The van der Waals surface area contributed by atoms with Gasteiger partial charge in [0.1, 0.15) is 0 Å². The third-order valence-corrected chi connectivity index (χ3v) is 5.98. The van der Waals surface area contributed by atoms with Crippen molar-refractivity contribution in [2.45, 2.75) is 24.0 Å². The molecule has 27 heavy (non-hydrogen) atoms. The van der Waals surface area contributed by atoms with Gasteiger partial charge in [0.2, 0.25) is 5.95 Å². The number of hydrogen-bond acceptors (Lipinski definition) is 7. The number of hydrogen-bond donors (Lipinski definition) is 0. The van der Waals surface area contributed by atoms with Crippen LogP contribution in [0.4, 0.5) is 5.95 Å². The first kappa shape index (κ1) is 16.8. The molecule has 1 aromatic carbocycles. The average molecular weight is 385 g/mol. The molecule has 140 valence electrons. The number of benzene rings is 1. The summed E-state index contributed by atoms with van der Waals surface area (Å²) in [7, 11) is 0. The lowest BCUT2D eigenvalue weighted by molar-refractivity contribution is 0.0684. The number of ether oxygens (including phenoxy) is 1. The van der Waals surface area contributed by atoms with E-state index in [1.807, 2.05) is 0 Å². The van der Waals surface area contributed by atoms with Crippen molar-refractivity contribution in [1.29, 1.82) is 0 Å². The zero-order valence-electron chi connectivity index (χ0n) is 14.7. The molecule has 0 spiro atoms. The molecule has 0 bridgehead atoms. The summed E-state index contributed by atoms with van der Waals surface area (Å²) >= 11 is 1.39. The maximum atomic E-state index is 12.5. The molecule has 2 aliphatic heterocycles. The van der Waals surface area contributed by atoms with Gasteiger partial charge in [-0.05, 0) is 25.0 Å². The standard InChI is InChI=1S/C18H19N5O3S/c24-15-13-3-1-2-4-14(13)16(25)22(15)11-27-18-20-19-17(23(18)12-5-6-12)21-7-9-26-10-8-21/h1-4,12H,5-11H2. The van der Waals surface area contributed by atoms with E-state index in [-0.39, 0.29) is 17.7 Å². The van der Waals surface area contributed by atoms with Crippen LogP contribution < -0.4 is 4.90 Å². The first-order chi connectivity index (χ1) is 13.2. The molecular weight excluding hydrogens is 366 g/mol. The van der Waals surface area contributed by atoms with E-state index in [1.165, 1.54) is 16.7 Å². The van der Waals surface area contributed by atoms with Gasteiger partial charge in [0.05, 0.1) is 30.2 Å². The van der Waals surface area contributed by atoms with Crippen LogP contribution in [0.15, 0.2) is 29.4 Å². The summed E-state index contributed by atoms with van der Waals surface area (Å²) in [5, 5.41) is 9.51. The van der Waals surface area contributed by atoms with Crippen molar-refractivity contribution in [3.63, 3.8) is 0 Å². The lowest BCUT2D eigenvalue weighted by atomic mass is 10.1. The Labute approximate surface area is 160 Å². The predicted octanol–water partition coefficient (Wildman–Crippen LogP) is 1.80. The van der Waals surface area contributed by atoms with Crippen LogP contribution in [0.3, 0.4) is 0 Å². The van der Waals surface area contributed by atoms with E-state index in [1.54, 1.807) is 24.3 Å². The number of imide groups is 1. The molecule has 0 atom stereocenters. The predicted molar refractivity (Wildman–Crippen MR) is 99.0 cm³/mol. The van der Waals surface area contributed by atoms with Crippen molar-refractivity contribution in [3.8, 4) is 0 Å². The van der Waals surface area contributed by atoms with Gasteiger partial charge in [0.15, 0.2) is 5.16 Å². The van der Waals surface area contributed by atoms with Gasteiger partial charge >= 0.3 is 0 Å². The number of carbonyl (C=O) groups excluding carboxylic acids is 2. The van der Waals surface area contributed by atoms with Gasteiger partial charge in [-0.3, -0.25) is 19.1 Å². The minimum absolute atomic E-state index is 0.236. The van der Waals surface area contributed by atoms with Gasteiger partial charge in [-0.1, -0.05) is 23.9 Å². The number of morpholine rings is 1. The molecule has 0 N–H and O–H groups in total. The molecule has 2 amide bonds. The third-order valence-electron chi connectivity index (χ3n) is 5.05. The topological polar surface area (TPSA) is 80.6 Å². The summed E-state index contributed by atoms with van der Waals surface area (Å²) in [4.78, 5) is 28.6. The second-order valence-electron chi connectivity index (χ2n) is 6.84. The average Bonchev–Trinajstić information content (AvgIpc) is 3.42. The fourth-order valence-electron chi connectivity index (χ4n) is 3.48. The summed E-state index contributed by atoms with van der Waals surface area (Å²) in [6, 6.07) is 7.35. The van der Waals surface area contributed by atoms with Crippen molar-refractivity contribution in [2.75, 3.05) is 37.1 Å². The summed E-state index contributed by atoms with van der Waals surface area (Å²) in [6.07, 6.45) is 2.21. The van der Waals surface area contributed by atoms with Gasteiger partial charge in [0, 0.05) is 19.1 Å². The van der Waals surface area contributed by atoms with E-state index >= 15 is 0 Å². The number of anilines is 1. The first-order valence-electron chi connectivity index (χ1n) is 9.09. The number of nitrogens with zero attached hydrogens (tertiary/aromatic N) is 5. The van der Waals surface area contributed by atoms with E-state index in [0.717, 1.165) is 37.0 Å². The summed E-state index contributed by atoms with van der Waals surface area (Å²) in [6.45, 7) is 2.98.